The first-order valence-electron chi connectivity index (χ1n) is 6.40. The van der Waals surface area contributed by atoms with Crippen LogP contribution >= 0.6 is 23.2 Å². The Balaban J connectivity index is 2.13. The number of aromatic nitrogens is 2. The van der Waals surface area contributed by atoms with Crippen molar-refractivity contribution < 1.29 is 9.53 Å². The number of hydrogen-bond donors (Lipinski definition) is 0. The molecule has 0 bridgehead atoms. The highest BCUT2D eigenvalue weighted by molar-refractivity contribution is 6.32. The van der Waals surface area contributed by atoms with Crippen LogP contribution in [-0.4, -0.2) is 23.0 Å². The number of nitrogens with zero attached hydrogens (tertiary/aromatic N) is 2. The molecule has 22 heavy (non-hydrogen) atoms. The van der Waals surface area contributed by atoms with E-state index in [1.165, 1.54) is 7.11 Å². The third kappa shape index (κ3) is 2.75. The van der Waals surface area contributed by atoms with Crippen LogP contribution in [0.2, 0.25) is 10.2 Å². The fourth-order valence-corrected chi connectivity index (χ4v) is 2.44. The molecule has 0 radical (unpaired) electrons. The molecule has 0 fully saturated rings. The predicted octanol–water partition coefficient (Wildman–Crippen LogP) is 4.39. The number of esters is 1. The summed E-state index contributed by atoms with van der Waals surface area (Å²) in [5.74, 6) is -0.429. The number of benzene rings is 2. The van der Waals surface area contributed by atoms with E-state index in [0.717, 1.165) is 5.56 Å². The topological polar surface area (TPSA) is 52.1 Å². The van der Waals surface area contributed by atoms with E-state index >= 15 is 0 Å². The molecule has 0 N–H and O–H groups in total. The van der Waals surface area contributed by atoms with Gasteiger partial charge < -0.3 is 4.74 Å². The van der Waals surface area contributed by atoms with Gasteiger partial charge in [-0.15, -0.1) is 0 Å². The van der Waals surface area contributed by atoms with E-state index in [9.17, 15) is 4.79 Å². The quantitative estimate of drug-likeness (QED) is 0.653. The van der Waals surface area contributed by atoms with Gasteiger partial charge in [0, 0.05) is 10.6 Å². The van der Waals surface area contributed by atoms with E-state index in [1.807, 2.05) is 12.1 Å². The Morgan fingerprint density at radius 2 is 1.73 bits per heavy atom. The Labute approximate surface area is 136 Å². The molecular weight excluding hydrogens is 323 g/mol. The molecule has 4 nitrogen and oxygen atoms in total. The lowest BCUT2D eigenvalue weighted by molar-refractivity contribution is 0.0601. The molecular formula is C16H10Cl2N2O2. The Morgan fingerprint density at radius 1 is 1.00 bits per heavy atom. The summed E-state index contributed by atoms with van der Waals surface area (Å²) < 4.78 is 4.69. The van der Waals surface area contributed by atoms with Gasteiger partial charge in [0.05, 0.1) is 23.7 Å². The van der Waals surface area contributed by atoms with Crippen molar-refractivity contribution in [3.63, 3.8) is 0 Å². The van der Waals surface area contributed by atoms with Crippen LogP contribution < -0.4 is 0 Å². The predicted molar refractivity (Wildman–Crippen MR) is 86.3 cm³/mol. The van der Waals surface area contributed by atoms with Gasteiger partial charge in [-0.2, -0.15) is 0 Å². The van der Waals surface area contributed by atoms with Crippen molar-refractivity contribution in [1.82, 2.24) is 9.97 Å². The summed E-state index contributed by atoms with van der Waals surface area (Å²) in [5, 5.41) is 0.896. The molecule has 0 unspecified atom stereocenters. The van der Waals surface area contributed by atoms with E-state index in [4.69, 9.17) is 23.2 Å². The van der Waals surface area contributed by atoms with Crippen molar-refractivity contribution in [3.8, 4) is 11.3 Å². The highest BCUT2D eigenvalue weighted by Crippen LogP contribution is 2.28. The third-order valence-corrected chi connectivity index (χ3v) is 3.68. The summed E-state index contributed by atoms with van der Waals surface area (Å²) in [6.07, 6.45) is 0. The van der Waals surface area contributed by atoms with Crippen molar-refractivity contribution in [3.05, 3.63) is 58.2 Å². The Bertz CT molecular complexity index is 864. The molecule has 0 aliphatic heterocycles. The number of carbonyl (C=O) groups is 1. The van der Waals surface area contributed by atoms with Gasteiger partial charge in [-0.1, -0.05) is 35.3 Å². The fraction of sp³-hybridized carbons (Fsp3) is 0.0625. The fourth-order valence-electron chi connectivity index (χ4n) is 2.07. The molecule has 0 saturated heterocycles. The van der Waals surface area contributed by atoms with E-state index in [0.29, 0.717) is 27.3 Å². The molecule has 110 valence electrons. The van der Waals surface area contributed by atoms with E-state index in [1.54, 1.807) is 30.3 Å². The normalized spacial score (nSPS) is 10.7. The lowest BCUT2D eigenvalue weighted by Gasteiger charge is -2.07. The highest BCUT2D eigenvalue weighted by atomic mass is 35.5. The van der Waals surface area contributed by atoms with Crippen molar-refractivity contribution >= 4 is 40.2 Å². The summed E-state index contributed by atoms with van der Waals surface area (Å²) in [5.41, 5.74) is 2.96. The smallest absolute Gasteiger partial charge is 0.337 e. The summed E-state index contributed by atoms with van der Waals surface area (Å²) in [6.45, 7) is 0. The van der Waals surface area contributed by atoms with Gasteiger partial charge in [0.25, 0.3) is 0 Å². The van der Waals surface area contributed by atoms with Gasteiger partial charge in [0.15, 0.2) is 5.15 Å². The molecule has 3 aromatic rings. The zero-order valence-electron chi connectivity index (χ0n) is 11.5. The summed E-state index contributed by atoms with van der Waals surface area (Å²) >= 11 is 12.1. The van der Waals surface area contributed by atoms with Crippen LogP contribution in [0, 0.1) is 0 Å². The van der Waals surface area contributed by atoms with Crippen LogP contribution in [0.25, 0.3) is 22.3 Å². The lowest BCUT2D eigenvalue weighted by Crippen LogP contribution is -2.01. The lowest BCUT2D eigenvalue weighted by atomic mass is 10.1. The standard InChI is InChI=1S/C16H10Cl2N2O2/c1-22-16(21)10-4-7-12-13(8-10)20-15(18)14(19-12)9-2-5-11(17)6-3-9/h2-8H,1H3. The summed E-state index contributed by atoms with van der Waals surface area (Å²) in [4.78, 5) is 20.4. The zero-order valence-corrected chi connectivity index (χ0v) is 13.0. The average Bonchev–Trinajstić information content (AvgIpc) is 2.54. The number of methoxy groups -OCH3 is 1. The molecule has 1 aromatic heterocycles. The molecule has 0 atom stereocenters. The maximum absolute atomic E-state index is 11.5. The maximum atomic E-state index is 11.5. The van der Waals surface area contributed by atoms with Crippen LogP contribution in [0.3, 0.4) is 0 Å². The minimum absolute atomic E-state index is 0.261. The molecule has 0 spiro atoms. The number of ether oxygens (including phenoxy) is 1. The minimum atomic E-state index is -0.429. The Hall–Kier alpha value is -2.17. The first kappa shape index (κ1) is 14.8. The largest absolute Gasteiger partial charge is 0.465 e. The molecule has 0 aliphatic rings. The third-order valence-electron chi connectivity index (χ3n) is 3.16. The van der Waals surface area contributed by atoms with E-state index in [2.05, 4.69) is 14.7 Å². The maximum Gasteiger partial charge on any atom is 0.337 e. The van der Waals surface area contributed by atoms with Crippen molar-refractivity contribution in [2.45, 2.75) is 0 Å². The SMILES string of the molecule is COC(=O)c1ccc2nc(-c3ccc(Cl)cc3)c(Cl)nc2c1. The highest BCUT2D eigenvalue weighted by Gasteiger charge is 2.12. The first-order valence-corrected chi connectivity index (χ1v) is 7.15. The van der Waals surface area contributed by atoms with Crippen LogP contribution in [-0.2, 0) is 4.74 Å². The van der Waals surface area contributed by atoms with E-state index in [-0.39, 0.29) is 5.15 Å². The number of rotatable bonds is 2. The second kappa shape index (κ2) is 5.91. The van der Waals surface area contributed by atoms with Crippen molar-refractivity contribution in [1.29, 1.82) is 0 Å². The number of fused-ring (bicyclic) bond motifs is 1. The second-order valence-corrected chi connectivity index (χ2v) is 5.36. The number of carbonyl (C=O) groups excluding carboxylic acids is 1. The van der Waals surface area contributed by atoms with Gasteiger partial charge in [-0.25, -0.2) is 14.8 Å². The van der Waals surface area contributed by atoms with Crippen LogP contribution in [0.15, 0.2) is 42.5 Å². The molecule has 6 heteroatoms. The first-order chi connectivity index (χ1) is 10.6. The van der Waals surface area contributed by atoms with E-state index < -0.39 is 5.97 Å². The molecule has 0 amide bonds. The van der Waals surface area contributed by atoms with Gasteiger partial charge in [0.1, 0.15) is 5.69 Å². The monoisotopic (exact) mass is 332 g/mol. The molecule has 0 saturated carbocycles. The van der Waals surface area contributed by atoms with Crippen molar-refractivity contribution in [2.24, 2.45) is 0 Å². The zero-order chi connectivity index (χ0) is 15.7. The Morgan fingerprint density at radius 3 is 2.41 bits per heavy atom. The van der Waals surface area contributed by atoms with Crippen LogP contribution in [0.5, 0.6) is 0 Å². The molecule has 1 heterocycles. The average molecular weight is 333 g/mol. The van der Waals surface area contributed by atoms with Crippen LogP contribution in [0.4, 0.5) is 0 Å². The summed E-state index contributed by atoms with van der Waals surface area (Å²) in [7, 11) is 1.33. The minimum Gasteiger partial charge on any atom is -0.465 e. The van der Waals surface area contributed by atoms with Gasteiger partial charge in [0.2, 0.25) is 0 Å². The van der Waals surface area contributed by atoms with Crippen molar-refractivity contribution in [2.75, 3.05) is 7.11 Å². The van der Waals surface area contributed by atoms with Crippen LogP contribution in [0.1, 0.15) is 10.4 Å². The molecule has 0 aliphatic carbocycles. The Kier molecular flexibility index (Phi) is 3.96. The number of hydrogen-bond acceptors (Lipinski definition) is 4. The summed E-state index contributed by atoms with van der Waals surface area (Å²) in [6, 6.07) is 12.1. The molecule has 2 aromatic carbocycles. The second-order valence-electron chi connectivity index (χ2n) is 4.56. The van der Waals surface area contributed by atoms with Gasteiger partial charge >= 0.3 is 5.97 Å². The molecule has 3 rings (SSSR count). The van der Waals surface area contributed by atoms with Gasteiger partial charge in [-0.05, 0) is 30.3 Å². The number of halogens is 2. The van der Waals surface area contributed by atoms with Gasteiger partial charge in [-0.3, -0.25) is 0 Å².